The quantitative estimate of drug-likeness (QED) is 0.484. The molecule has 10 atom stereocenters. The minimum absolute atomic E-state index is 0.176. The van der Waals surface area contributed by atoms with Crippen molar-refractivity contribution in [2.75, 3.05) is 6.61 Å². The summed E-state index contributed by atoms with van der Waals surface area (Å²) in [5.74, 6) is 4.71. The van der Waals surface area contributed by atoms with Crippen LogP contribution in [0.5, 0.6) is 0 Å². The van der Waals surface area contributed by atoms with Gasteiger partial charge in [-0.05, 0) is 91.3 Å². The van der Waals surface area contributed by atoms with Crippen LogP contribution in [0, 0.1) is 52.3 Å². The van der Waals surface area contributed by atoms with Gasteiger partial charge in [-0.3, -0.25) is 0 Å². The van der Waals surface area contributed by atoms with Crippen molar-refractivity contribution in [3.05, 3.63) is 12.3 Å². The number of allylic oxidation sites excluding steroid dienone is 1. The van der Waals surface area contributed by atoms with E-state index in [1.165, 1.54) is 51.4 Å². The summed E-state index contributed by atoms with van der Waals surface area (Å²) >= 11 is 0. The molecule has 0 spiro atoms. The smallest absolute Gasteiger partial charge is 0.0924 e. The molecule has 0 radical (unpaired) electrons. The monoisotopic (exact) mass is 446 g/mol. The van der Waals surface area contributed by atoms with Crippen LogP contribution in [-0.4, -0.2) is 29.0 Å². The Morgan fingerprint density at radius 1 is 1.00 bits per heavy atom. The number of rotatable bonds is 6. The Hall–Kier alpha value is -0.540. The van der Waals surface area contributed by atoms with Crippen molar-refractivity contribution >= 4 is 0 Å². The van der Waals surface area contributed by atoms with E-state index >= 15 is 0 Å². The highest BCUT2D eigenvalue weighted by Gasteiger charge is 2.60. The summed E-state index contributed by atoms with van der Waals surface area (Å²) in [6.45, 7) is 16.8. The van der Waals surface area contributed by atoms with Crippen molar-refractivity contribution in [2.24, 2.45) is 52.3 Å². The number of aliphatic hydroxyl groups excluding tert-OH is 2. The van der Waals surface area contributed by atoms with Crippen molar-refractivity contribution in [2.45, 2.75) is 111 Å². The molecule has 0 bridgehead atoms. The van der Waals surface area contributed by atoms with Gasteiger partial charge in [-0.1, -0.05) is 60.5 Å². The molecule has 0 aromatic carbocycles. The van der Waals surface area contributed by atoms with Gasteiger partial charge in [0.2, 0.25) is 0 Å². The fourth-order valence-corrected chi connectivity index (χ4v) is 9.29. The van der Waals surface area contributed by atoms with Crippen molar-refractivity contribution < 1.29 is 14.9 Å². The summed E-state index contributed by atoms with van der Waals surface area (Å²) < 4.78 is 6.40. The third-order valence-electron chi connectivity index (χ3n) is 11.3. The lowest BCUT2D eigenvalue weighted by molar-refractivity contribution is -0.0814. The standard InChI is InChI=1S/C29H50O3/c1-7-21(18(2)3)27(31)26(30)16-20-11-12-24-22-17-32-19(4)23-10-8-9-14-29(23,6)25(22)13-15-28(20,24)5/h18,20-27,30-31H,4,7-17H2,1-3,5-6H3. The summed E-state index contributed by atoms with van der Waals surface area (Å²) in [6.07, 6.45) is 10.7. The maximum atomic E-state index is 11.1. The minimum Gasteiger partial charge on any atom is -0.498 e. The molecule has 0 aromatic heterocycles. The summed E-state index contributed by atoms with van der Waals surface area (Å²) in [5.41, 5.74) is 0.605. The molecule has 4 rings (SSSR count). The van der Waals surface area contributed by atoms with Crippen LogP contribution in [0.3, 0.4) is 0 Å². The van der Waals surface area contributed by atoms with Crippen LogP contribution in [0.15, 0.2) is 12.3 Å². The molecular formula is C29H50O3. The van der Waals surface area contributed by atoms with Gasteiger partial charge in [0, 0.05) is 5.92 Å². The second-order valence-corrected chi connectivity index (χ2v) is 12.9. The molecule has 3 heteroatoms. The van der Waals surface area contributed by atoms with Crippen LogP contribution in [0.4, 0.5) is 0 Å². The summed E-state index contributed by atoms with van der Waals surface area (Å²) in [5, 5.41) is 22.0. The molecule has 4 fully saturated rings. The summed E-state index contributed by atoms with van der Waals surface area (Å²) in [6, 6.07) is 0. The van der Waals surface area contributed by atoms with Gasteiger partial charge >= 0.3 is 0 Å². The highest BCUT2D eigenvalue weighted by Crippen LogP contribution is 2.66. The molecule has 3 aliphatic carbocycles. The molecule has 0 amide bonds. The number of fused-ring (bicyclic) bond motifs is 5. The fourth-order valence-electron chi connectivity index (χ4n) is 9.29. The summed E-state index contributed by atoms with van der Waals surface area (Å²) in [7, 11) is 0. The fraction of sp³-hybridized carbons (Fsp3) is 0.931. The molecule has 3 nitrogen and oxygen atoms in total. The van der Waals surface area contributed by atoms with Gasteiger partial charge in [-0.2, -0.15) is 0 Å². The average Bonchev–Trinajstić information content (AvgIpc) is 3.02. The highest BCUT2D eigenvalue weighted by molar-refractivity contribution is 5.13. The molecule has 0 aromatic rings. The van der Waals surface area contributed by atoms with Gasteiger partial charge in [-0.25, -0.2) is 0 Å². The molecule has 1 heterocycles. The molecule has 10 unspecified atom stereocenters. The van der Waals surface area contributed by atoms with Gasteiger partial charge in [0.1, 0.15) is 0 Å². The Balaban J connectivity index is 1.51. The molecule has 32 heavy (non-hydrogen) atoms. The predicted molar refractivity (Wildman–Crippen MR) is 131 cm³/mol. The van der Waals surface area contributed by atoms with Crippen molar-refractivity contribution in [3.63, 3.8) is 0 Å². The Labute approximate surface area is 197 Å². The Bertz CT molecular complexity index is 673. The lowest BCUT2D eigenvalue weighted by Gasteiger charge is -2.55. The van der Waals surface area contributed by atoms with Gasteiger partial charge in [0.15, 0.2) is 0 Å². The third-order valence-corrected chi connectivity index (χ3v) is 11.3. The van der Waals surface area contributed by atoms with Crippen LogP contribution in [0.2, 0.25) is 0 Å². The van der Waals surface area contributed by atoms with E-state index in [9.17, 15) is 10.2 Å². The molecular weight excluding hydrogens is 396 g/mol. The Kier molecular flexibility index (Phi) is 7.11. The number of hydrogen-bond donors (Lipinski definition) is 2. The van der Waals surface area contributed by atoms with E-state index in [4.69, 9.17) is 4.74 Å². The highest BCUT2D eigenvalue weighted by atomic mass is 16.5. The van der Waals surface area contributed by atoms with Crippen molar-refractivity contribution in [1.82, 2.24) is 0 Å². The maximum Gasteiger partial charge on any atom is 0.0924 e. The van der Waals surface area contributed by atoms with Crippen LogP contribution < -0.4 is 0 Å². The predicted octanol–water partition coefficient (Wildman–Crippen LogP) is 6.58. The molecule has 184 valence electrons. The maximum absolute atomic E-state index is 11.1. The van der Waals surface area contributed by atoms with E-state index < -0.39 is 12.2 Å². The zero-order valence-electron chi connectivity index (χ0n) is 21.5. The van der Waals surface area contributed by atoms with Gasteiger partial charge < -0.3 is 14.9 Å². The van der Waals surface area contributed by atoms with E-state index in [0.29, 0.717) is 35.0 Å². The van der Waals surface area contributed by atoms with E-state index in [0.717, 1.165) is 31.1 Å². The van der Waals surface area contributed by atoms with Crippen molar-refractivity contribution in [3.8, 4) is 0 Å². The van der Waals surface area contributed by atoms with Crippen LogP contribution in [0.25, 0.3) is 0 Å². The van der Waals surface area contributed by atoms with E-state index in [-0.39, 0.29) is 11.3 Å². The van der Waals surface area contributed by atoms with E-state index in [1.54, 1.807) is 0 Å². The Morgan fingerprint density at radius 3 is 2.41 bits per heavy atom. The SMILES string of the molecule is C=C1OCC2C3CCC(CC(O)C(O)C(CC)C(C)C)C3(C)CCC2C2(C)CCCCC12. The normalized spacial score (nSPS) is 44.6. The van der Waals surface area contributed by atoms with Crippen LogP contribution in [-0.2, 0) is 4.74 Å². The van der Waals surface area contributed by atoms with Gasteiger partial charge in [-0.15, -0.1) is 0 Å². The third kappa shape index (κ3) is 3.98. The Morgan fingerprint density at radius 2 is 1.72 bits per heavy atom. The molecule has 4 aliphatic rings. The number of hydrogen-bond acceptors (Lipinski definition) is 3. The first-order chi connectivity index (χ1) is 15.1. The lowest BCUT2D eigenvalue weighted by atomic mass is 9.49. The topological polar surface area (TPSA) is 49.7 Å². The van der Waals surface area contributed by atoms with Crippen LogP contribution >= 0.6 is 0 Å². The lowest BCUT2D eigenvalue weighted by Crippen LogP contribution is -2.50. The molecule has 1 saturated heterocycles. The zero-order valence-corrected chi connectivity index (χ0v) is 21.5. The van der Waals surface area contributed by atoms with E-state index in [2.05, 4.69) is 41.2 Å². The number of ether oxygens (including phenoxy) is 1. The molecule has 3 saturated carbocycles. The first-order valence-electron chi connectivity index (χ1n) is 13.8. The molecule has 2 N–H and O–H groups in total. The summed E-state index contributed by atoms with van der Waals surface area (Å²) in [4.78, 5) is 0. The first kappa shape index (κ1) is 24.6. The number of aliphatic hydroxyl groups is 2. The minimum atomic E-state index is -0.606. The van der Waals surface area contributed by atoms with E-state index in [1.807, 2.05) is 0 Å². The van der Waals surface area contributed by atoms with Gasteiger partial charge in [0.05, 0.1) is 24.6 Å². The first-order valence-corrected chi connectivity index (χ1v) is 13.8. The zero-order chi connectivity index (χ0) is 23.3. The average molecular weight is 447 g/mol. The van der Waals surface area contributed by atoms with Crippen molar-refractivity contribution in [1.29, 1.82) is 0 Å². The van der Waals surface area contributed by atoms with Crippen LogP contribution in [0.1, 0.15) is 98.8 Å². The van der Waals surface area contributed by atoms with Gasteiger partial charge in [0.25, 0.3) is 0 Å². The second-order valence-electron chi connectivity index (χ2n) is 12.9. The molecule has 1 aliphatic heterocycles. The largest absolute Gasteiger partial charge is 0.498 e. The second kappa shape index (κ2) is 9.25.